The topological polar surface area (TPSA) is 26.0 Å². The average Bonchev–Trinajstić information content (AvgIpc) is 2.51. The van der Waals surface area contributed by atoms with Crippen LogP contribution in [0.1, 0.15) is 0 Å². The van der Waals surface area contributed by atoms with Gasteiger partial charge in [0.2, 0.25) is 5.22 Å². The van der Waals surface area contributed by atoms with Crippen molar-refractivity contribution in [2.75, 3.05) is 0 Å². The predicted molar refractivity (Wildman–Crippen MR) is 46.9 cm³/mol. The van der Waals surface area contributed by atoms with Gasteiger partial charge in [0.05, 0.1) is 5.56 Å². The largest absolute Gasteiger partial charge is 0.344 e. The van der Waals surface area contributed by atoms with E-state index in [1.807, 2.05) is 0 Å². The molecule has 1 aromatic carbocycles. The van der Waals surface area contributed by atoms with Crippen LogP contribution in [-0.2, 0) is 0 Å². The van der Waals surface area contributed by atoms with Gasteiger partial charge in [0.15, 0.2) is 0 Å². The fraction of sp³-hybridized carbons (Fsp3) is 0. The highest BCUT2D eigenvalue weighted by Crippen LogP contribution is 2.26. The maximum absolute atomic E-state index is 13.2. The van der Waals surface area contributed by atoms with E-state index >= 15 is 0 Å². The van der Waals surface area contributed by atoms with Gasteiger partial charge in [-0.15, -0.1) is 0 Å². The van der Waals surface area contributed by atoms with Gasteiger partial charge in [0.25, 0.3) is 0 Å². The summed E-state index contributed by atoms with van der Waals surface area (Å²) in [5, 5.41) is 3.41. The maximum atomic E-state index is 13.2. The van der Waals surface area contributed by atoms with Gasteiger partial charge in [-0.05, 0) is 23.7 Å². The summed E-state index contributed by atoms with van der Waals surface area (Å²) in [6.45, 7) is 0. The molecule has 0 N–H and O–H groups in total. The normalized spacial score (nSPS) is 10.5. The Hall–Kier alpha value is -1.42. The van der Waals surface area contributed by atoms with Crippen molar-refractivity contribution >= 4 is 11.6 Å². The van der Waals surface area contributed by atoms with E-state index in [2.05, 4.69) is 9.68 Å². The molecular formula is C9H4ClF2NO. The summed E-state index contributed by atoms with van der Waals surface area (Å²) >= 11 is 5.44. The molecule has 0 aliphatic carbocycles. The van der Waals surface area contributed by atoms with Crippen molar-refractivity contribution < 1.29 is 13.3 Å². The first kappa shape index (κ1) is 9.15. The second-order valence-electron chi connectivity index (χ2n) is 2.61. The van der Waals surface area contributed by atoms with Gasteiger partial charge in [-0.1, -0.05) is 11.2 Å². The molecule has 0 unspecified atom stereocenters. The van der Waals surface area contributed by atoms with Crippen LogP contribution in [0.2, 0.25) is 5.22 Å². The van der Waals surface area contributed by atoms with E-state index in [1.165, 1.54) is 12.1 Å². The van der Waals surface area contributed by atoms with Gasteiger partial charge in [0, 0.05) is 6.07 Å². The van der Waals surface area contributed by atoms with Crippen LogP contribution in [-0.4, -0.2) is 5.16 Å². The molecule has 5 heteroatoms. The molecule has 0 spiro atoms. The molecule has 14 heavy (non-hydrogen) atoms. The fourth-order valence-corrected chi connectivity index (χ4v) is 1.25. The van der Waals surface area contributed by atoms with Gasteiger partial charge in [0.1, 0.15) is 17.3 Å². The number of rotatable bonds is 1. The lowest BCUT2D eigenvalue weighted by atomic mass is 10.1. The van der Waals surface area contributed by atoms with E-state index in [0.29, 0.717) is 0 Å². The molecule has 0 aliphatic rings. The van der Waals surface area contributed by atoms with Crippen molar-refractivity contribution in [2.45, 2.75) is 0 Å². The molecule has 2 rings (SSSR count). The van der Waals surface area contributed by atoms with Gasteiger partial charge in [-0.2, -0.15) is 0 Å². The van der Waals surface area contributed by atoms with Gasteiger partial charge >= 0.3 is 0 Å². The second kappa shape index (κ2) is 3.38. The maximum Gasteiger partial charge on any atom is 0.226 e. The summed E-state index contributed by atoms with van der Waals surface area (Å²) in [6, 6.07) is 4.81. The second-order valence-corrected chi connectivity index (χ2v) is 2.99. The van der Waals surface area contributed by atoms with Crippen LogP contribution in [0.15, 0.2) is 28.8 Å². The minimum Gasteiger partial charge on any atom is -0.344 e. The Morgan fingerprint density at radius 2 is 1.86 bits per heavy atom. The quantitative estimate of drug-likeness (QED) is 0.730. The zero-order chi connectivity index (χ0) is 10.1. The van der Waals surface area contributed by atoms with Crippen LogP contribution in [0.5, 0.6) is 0 Å². The Bertz CT molecular complexity index is 449. The first-order chi connectivity index (χ1) is 6.68. The number of hydrogen-bond acceptors (Lipinski definition) is 2. The Morgan fingerprint density at radius 3 is 2.36 bits per heavy atom. The number of aromatic nitrogens is 1. The molecule has 0 radical (unpaired) electrons. The molecular weight excluding hydrogens is 212 g/mol. The average molecular weight is 216 g/mol. The monoisotopic (exact) mass is 215 g/mol. The fourth-order valence-electron chi connectivity index (χ4n) is 1.11. The molecule has 0 saturated carbocycles. The lowest BCUT2D eigenvalue weighted by Gasteiger charge is -1.98. The van der Waals surface area contributed by atoms with Crippen molar-refractivity contribution in [3.63, 3.8) is 0 Å². The zero-order valence-electron chi connectivity index (χ0n) is 6.80. The van der Waals surface area contributed by atoms with Crippen LogP contribution in [0.3, 0.4) is 0 Å². The third kappa shape index (κ3) is 1.48. The molecule has 1 heterocycles. The number of halogens is 3. The van der Waals surface area contributed by atoms with E-state index in [-0.39, 0.29) is 16.5 Å². The van der Waals surface area contributed by atoms with E-state index in [4.69, 9.17) is 11.6 Å². The smallest absolute Gasteiger partial charge is 0.226 e. The van der Waals surface area contributed by atoms with E-state index in [9.17, 15) is 8.78 Å². The standard InChI is InChI=1S/C9H4ClF2NO/c10-8-4-7(13-14-8)9-5(11)2-1-3-6(9)12/h1-4H. The first-order valence-corrected chi connectivity index (χ1v) is 4.13. The van der Waals surface area contributed by atoms with Crippen molar-refractivity contribution in [3.05, 3.63) is 41.1 Å². The summed E-state index contributed by atoms with van der Waals surface area (Å²) in [4.78, 5) is 0. The predicted octanol–water partition coefficient (Wildman–Crippen LogP) is 3.27. The van der Waals surface area contributed by atoms with E-state index < -0.39 is 11.6 Å². The lowest BCUT2D eigenvalue weighted by Crippen LogP contribution is -1.88. The van der Waals surface area contributed by atoms with Crippen molar-refractivity contribution in [1.29, 1.82) is 0 Å². The summed E-state index contributed by atoms with van der Waals surface area (Å²) in [5.41, 5.74) is -0.186. The third-order valence-corrected chi connectivity index (χ3v) is 1.88. The van der Waals surface area contributed by atoms with Crippen molar-refractivity contribution in [2.24, 2.45) is 0 Å². The molecule has 2 nitrogen and oxygen atoms in total. The zero-order valence-corrected chi connectivity index (χ0v) is 7.55. The lowest BCUT2D eigenvalue weighted by molar-refractivity contribution is 0.423. The Kier molecular flexibility index (Phi) is 2.21. The van der Waals surface area contributed by atoms with Crippen LogP contribution in [0, 0.1) is 11.6 Å². The Labute approximate surface area is 83.1 Å². The highest BCUT2D eigenvalue weighted by Gasteiger charge is 2.14. The van der Waals surface area contributed by atoms with Gasteiger partial charge < -0.3 is 4.52 Å². The van der Waals surface area contributed by atoms with Gasteiger partial charge in [-0.25, -0.2) is 8.78 Å². The molecule has 1 aromatic heterocycles. The number of nitrogens with zero attached hydrogens (tertiary/aromatic N) is 1. The van der Waals surface area contributed by atoms with Crippen LogP contribution < -0.4 is 0 Å². The van der Waals surface area contributed by atoms with E-state index in [0.717, 1.165) is 12.1 Å². The molecule has 0 amide bonds. The first-order valence-electron chi connectivity index (χ1n) is 3.75. The van der Waals surface area contributed by atoms with Crippen molar-refractivity contribution in [1.82, 2.24) is 5.16 Å². The SMILES string of the molecule is Fc1cccc(F)c1-c1cc(Cl)on1. The number of hydrogen-bond donors (Lipinski definition) is 0. The molecule has 72 valence electrons. The Balaban J connectivity index is 2.61. The highest BCUT2D eigenvalue weighted by molar-refractivity contribution is 6.29. The summed E-state index contributed by atoms with van der Waals surface area (Å²) < 4.78 is 30.9. The van der Waals surface area contributed by atoms with Crippen LogP contribution in [0.25, 0.3) is 11.3 Å². The Morgan fingerprint density at radius 1 is 1.21 bits per heavy atom. The summed E-state index contributed by atoms with van der Waals surface area (Å²) in [5.74, 6) is -1.40. The minimum absolute atomic E-state index is 0.0114. The van der Waals surface area contributed by atoms with Gasteiger partial charge in [-0.3, -0.25) is 0 Å². The van der Waals surface area contributed by atoms with Crippen LogP contribution >= 0.6 is 11.6 Å². The van der Waals surface area contributed by atoms with Crippen molar-refractivity contribution in [3.8, 4) is 11.3 Å². The third-order valence-electron chi connectivity index (χ3n) is 1.70. The molecule has 0 saturated heterocycles. The highest BCUT2D eigenvalue weighted by atomic mass is 35.5. The summed E-state index contributed by atoms with van der Waals surface area (Å²) in [7, 11) is 0. The molecule has 0 fully saturated rings. The molecule has 0 bridgehead atoms. The van der Waals surface area contributed by atoms with E-state index in [1.54, 1.807) is 0 Å². The van der Waals surface area contributed by atoms with Crippen LogP contribution in [0.4, 0.5) is 8.78 Å². The molecule has 0 atom stereocenters. The number of benzene rings is 1. The minimum atomic E-state index is -0.699. The summed E-state index contributed by atoms with van der Waals surface area (Å²) in [6.07, 6.45) is 0. The molecule has 0 aliphatic heterocycles. The molecule has 2 aromatic rings.